The molecule has 0 fully saturated rings. The lowest BCUT2D eigenvalue weighted by atomic mass is 10.3. The first-order valence-corrected chi connectivity index (χ1v) is 10.1. The first kappa shape index (κ1) is 22.5. The molecule has 0 saturated heterocycles. The van der Waals surface area contributed by atoms with Crippen molar-refractivity contribution in [2.45, 2.75) is 19.3 Å². The zero-order valence-electron chi connectivity index (χ0n) is 17.8. The molecule has 2 atom stereocenters. The Hall–Kier alpha value is -3.15. The van der Waals surface area contributed by atoms with E-state index in [0.717, 1.165) is 17.1 Å². The van der Waals surface area contributed by atoms with Crippen LogP contribution in [0.1, 0.15) is 30.2 Å². The molecular formula is C20H29N9O2. The van der Waals surface area contributed by atoms with E-state index in [4.69, 9.17) is 9.47 Å². The fourth-order valence-electron chi connectivity index (χ4n) is 2.97. The van der Waals surface area contributed by atoms with Gasteiger partial charge in [0.25, 0.3) is 0 Å². The minimum Gasteiger partial charge on any atom is -0.382 e. The smallest absolute Gasteiger partial charge is 0.153 e. The molecule has 3 rings (SSSR count). The molecule has 0 amide bonds. The molecule has 0 aliphatic carbocycles. The minimum atomic E-state index is -0.322. The van der Waals surface area contributed by atoms with Crippen LogP contribution < -0.4 is 0 Å². The van der Waals surface area contributed by atoms with E-state index < -0.39 is 0 Å². The van der Waals surface area contributed by atoms with Gasteiger partial charge in [0.2, 0.25) is 0 Å². The van der Waals surface area contributed by atoms with Gasteiger partial charge in [0.05, 0.1) is 80.5 Å². The van der Waals surface area contributed by atoms with E-state index in [1.165, 1.54) is 0 Å². The quantitative estimate of drug-likeness (QED) is 0.263. The molecule has 11 nitrogen and oxygen atoms in total. The maximum atomic E-state index is 6.30. The summed E-state index contributed by atoms with van der Waals surface area (Å²) in [4.78, 5) is 32.6. The summed E-state index contributed by atoms with van der Waals surface area (Å²) < 4.78 is 11.5. The third-order valence-electron chi connectivity index (χ3n) is 4.41. The van der Waals surface area contributed by atoms with Gasteiger partial charge in [0.1, 0.15) is 0 Å². The van der Waals surface area contributed by atoms with E-state index in [1.807, 2.05) is 6.92 Å². The predicted octanol–water partition coefficient (Wildman–Crippen LogP) is 1.45. The van der Waals surface area contributed by atoms with Gasteiger partial charge in [0, 0.05) is 32.6 Å². The number of ether oxygens (including phenoxy) is 2. The summed E-state index contributed by atoms with van der Waals surface area (Å²) in [5, 5.41) is 0. The highest BCUT2D eigenvalue weighted by Crippen LogP contribution is 2.22. The predicted molar refractivity (Wildman–Crippen MR) is 117 cm³/mol. The molecule has 0 aliphatic rings. The topological polar surface area (TPSA) is 132 Å². The molecule has 3 aromatic rings. The van der Waals surface area contributed by atoms with E-state index in [2.05, 4.69) is 44.8 Å². The van der Waals surface area contributed by atoms with Gasteiger partial charge in [-0.2, -0.15) is 0 Å². The Morgan fingerprint density at radius 2 is 1.52 bits per heavy atom. The second kappa shape index (κ2) is 12.5. The average molecular weight is 428 g/mol. The van der Waals surface area contributed by atoms with Gasteiger partial charge >= 0.3 is 0 Å². The van der Waals surface area contributed by atoms with Gasteiger partial charge in [-0.05, 0) is 6.92 Å². The Balaban J connectivity index is 1.67. The molecule has 0 saturated carbocycles. The van der Waals surface area contributed by atoms with Gasteiger partial charge in [0.15, 0.2) is 6.23 Å². The molecule has 0 aromatic carbocycles. The molecule has 3 N–H and O–H groups in total. The number of methoxy groups -OCH3 is 1. The minimum absolute atomic E-state index is 0.0946. The lowest BCUT2D eigenvalue weighted by molar-refractivity contribution is -0.114. The molecule has 0 radical (unpaired) electrons. The normalized spacial score (nSPS) is 14.2. The molecule has 0 spiro atoms. The number of aromatic nitrogens is 6. The first-order chi connectivity index (χ1) is 15.3. The highest BCUT2D eigenvalue weighted by Gasteiger charge is 2.24. The van der Waals surface area contributed by atoms with Crippen LogP contribution in [0.3, 0.4) is 0 Å². The first-order valence-electron chi connectivity index (χ1n) is 10.1. The number of rotatable bonds is 14. The Labute approximate surface area is 181 Å². The average Bonchev–Trinajstić information content (AvgIpc) is 3.55. The summed E-state index contributed by atoms with van der Waals surface area (Å²) in [5.74, 6) is 0. The largest absolute Gasteiger partial charge is 0.382 e. The molecule has 166 valence electrons. The number of aromatic amines is 3. The molecule has 0 aliphatic heterocycles. The third kappa shape index (κ3) is 7.55. The van der Waals surface area contributed by atoms with Crippen molar-refractivity contribution >= 4 is 12.4 Å². The Kier molecular flexibility index (Phi) is 9.10. The van der Waals surface area contributed by atoms with Crippen LogP contribution in [0.15, 0.2) is 47.6 Å². The zero-order valence-corrected chi connectivity index (χ0v) is 17.8. The standard InChI is InChI=1S/C20H29N9O2/c1-16(12-30-2)31-20(19-11-25-15-28-19)29(5-3-21-7-17-9-23-13-26-17)6-4-22-8-18-10-24-14-27-18/h7-11,13-16,20H,3-6,12H2,1-2H3,(H,23,26)(H,24,27)(H,25,28)/t16-,20+/m1/s1. The molecule has 31 heavy (non-hydrogen) atoms. The van der Waals surface area contributed by atoms with E-state index in [-0.39, 0.29) is 12.3 Å². The van der Waals surface area contributed by atoms with Crippen LogP contribution in [0.5, 0.6) is 0 Å². The lowest BCUT2D eigenvalue weighted by Gasteiger charge is -2.32. The van der Waals surface area contributed by atoms with Gasteiger partial charge in [-0.15, -0.1) is 0 Å². The fourth-order valence-corrected chi connectivity index (χ4v) is 2.97. The number of nitrogens with zero attached hydrogens (tertiary/aromatic N) is 6. The van der Waals surface area contributed by atoms with Gasteiger partial charge < -0.3 is 24.4 Å². The highest BCUT2D eigenvalue weighted by molar-refractivity contribution is 5.76. The third-order valence-corrected chi connectivity index (χ3v) is 4.41. The Morgan fingerprint density at radius 1 is 0.935 bits per heavy atom. The number of hydrogen-bond donors (Lipinski definition) is 3. The Bertz CT molecular complexity index is 828. The van der Waals surface area contributed by atoms with Crippen LogP contribution in [0.2, 0.25) is 0 Å². The molecular weight excluding hydrogens is 398 g/mol. The summed E-state index contributed by atoms with van der Waals surface area (Å²) in [5.41, 5.74) is 2.61. The van der Waals surface area contributed by atoms with Crippen molar-refractivity contribution in [3.63, 3.8) is 0 Å². The van der Waals surface area contributed by atoms with Gasteiger partial charge in [-0.3, -0.25) is 14.9 Å². The second-order valence-corrected chi connectivity index (χ2v) is 6.88. The van der Waals surface area contributed by atoms with Gasteiger partial charge in [-0.25, -0.2) is 15.0 Å². The number of aliphatic imine (C=N–C) groups is 2. The van der Waals surface area contributed by atoms with Crippen LogP contribution in [-0.2, 0) is 9.47 Å². The van der Waals surface area contributed by atoms with Crippen molar-refractivity contribution < 1.29 is 9.47 Å². The zero-order chi connectivity index (χ0) is 21.7. The summed E-state index contributed by atoms with van der Waals surface area (Å²) in [6.07, 6.45) is 13.3. The number of imidazole rings is 3. The van der Waals surface area contributed by atoms with Crippen molar-refractivity contribution in [2.75, 3.05) is 39.9 Å². The van der Waals surface area contributed by atoms with Crippen LogP contribution >= 0.6 is 0 Å². The summed E-state index contributed by atoms with van der Waals surface area (Å²) >= 11 is 0. The highest BCUT2D eigenvalue weighted by atomic mass is 16.5. The molecule has 11 heteroatoms. The van der Waals surface area contributed by atoms with E-state index in [1.54, 1.807) is 57.1 Å². The summed E-state index contributed by atoms with van der Waals surface area (Å²) in [7, 11) is 1.66. The van der Waals surface area contributed by atoms with Crippen molar-refractivity contribution in [1.82, 2.24) is 34.8 Å². The summed E-state index contributed by atoms with van der Waals surface area (Å²) in [6, 6.07) is 0. The molecule has 0 unspecified atom stereocenters. The maximum Gasteiger partial charge on any atom is 0.153 e. The van der Waals surface area contributed by atoms with Crippen LogP contribution in [-0.4, -0.2) is 93.2 Å². The van der Waals surface area contributed by atoms with E-state index in [9.17, 15) is 0 Å². The van der Waals surface area contributed by atoms with Gasteiger partial charge in [-0.1, -0.05) is 0 Å². The molecule has 0 bridgehead atoms. The van der Waals surface area contributed by atoms with Crippen LogP contribution in [0.25, 0.3) is 0 Å². The van der Waals surface area contributed by atoms with Crippen LogP contribution in [0.4, 0.5) is 0 Å². The number of H-pyrrole nitrogens is 3. The maximum absolute atomic E-state index is 6.30. The Morgan fingerprint density at radius 3 is 2.00 bits per heavy atom. The van der Waals surface area contributed by atoms with E-state index in [0.29, 0.717) is 32.8 Å². The monoisotopic (exact) mass is 427 g/mol. The van der Waals surface area contributed by atoms with Crippen molar-refractivity contribution in [3.05, 3.63) is 54.7 Å². The van der Waals surface area contributed by atoms with E-state index >= 15 is 0 Å². The van der Waals surface area contributed by atoms with Crippen molar-refractivity contribution in [1.29, 1.82) is 0 Å². The molecule has 3 heterocycles. The molecule has 3 aromatic heterocycles. The second-order valence-electron chi connectivity index (χ2n) is 6.88. The summed E-state index contributed by atoms with van der Waals surface area (Å²) in [6.45, 7) is 5.01. The SMILES string of the molecule is COC[C@@H](C)O[C@@H](c1cnc[nH]1)N(CCN=Cc1cnc[nH]1)CCN=Cc1cnc[nH]1. The van der Waals surface area contributed by atoms with Crippen molar-refractivity contribution in [3.8, 4) is 0 Å². The number of nitrogens with one attached hydrogen (secondary N) is 3. The fraction of sp³-hybridized carbons (Fsp3) is 0.450. The number of hydrogen-bond acceptors (Lipinski definition) is 8. The lowest BCUT2D eigenvalue weighted by Crippen LogP contribution is -2.37. The van der Waals surface area contributed by atoms with Crippen LogP contribution in [0, 0.1) is 0 Å². The van der Waals surface area contributed by atoms with Crippen molar-refractivity contribution in [2.24, 2.45) is 9.98 Å².